The minimum atomic E-state index is -1.02. The Bertz CT molecular complexity index is 600. The van der Waals surface area contributed by atoms with Crippen LogP contribution in [0.4, 0.5) is 5.69 Å². The van der Waals surface area contributed by atoms with E-state index in [0.29, 0.717) is 5.75 Å². The third-order valence-electron chi connectivity index (χ3n) is 4.26. The first-order valence-corrected chi connectivity index (χ1v) is 7.44. The Morgan fingerprint density at radius 3 is 2.82 bits per heavy atom. The average Bonchev–Trinajstić information content (AvgIpc) is 3.10. The van der Waals surface area contributed by atoms with Crippen LogP contribution in [0.15, 0.2) is 18.2 Å². The molecule has 3 rings (SSSR count). The fourth-order valence-electron chi connectivity index (χ4n) is 3.15. The molecule has 0 spiro atoms. The molecule has 1 amide bonds. The number of amides is 1. The maximum atomic E-state index is 12.4. The van der Waals surface area contributed by atoms with Crippen molar-refractivity contribution in [3.8, 4) is 5.75 Å². The van der Waals surface area contributed by atoms with Crippen LogP contribution in [0.1, 0.15) is 24.8 Å². The number of carboxylic acid groups (broad SMARTS) is 1. The minimum absolute atomic E-state index is 0.00509. The highest BCUT2D eigenvalue weighted by Gasteiger charge is 2.44. The standard InChI is InChI=1S/C16H19NO5/c1-9-6-10(21-8-15(18)19)2-4-13(9)17-16(20)12-7-11-3-5-14(12)22-11/h2,4,6,11-12,14H,3,5,7-8H2,1H3,(H,17,20)(H,18,19)/t11-,12+,14-/m1/s1. The maximum Gasteiger partial charge on any atom is 0.341 e. The molecule has 6 nitrogen and oxygen atoms in total. The summed E-state index contributed by atoms with van der Waals surface area (Å²) >= 11 is 0. The molecular weight excluding hydrogens is 286 g/mol. The lowest BCUT2D eigenvalue weighted by Crippen LogP contribution is -2.30. The number of fused-ring (bicyclic) bond motifs is 2. The van der Waals surface area contributed by atoms with Gasteiger partial charge < -0.3 is 19.9 Å². The van der Waals surface area contributed by atoms with Crippen molar-refractivity contribution in [3.05, 3.63) is 23.8 Å². The number of hydrogen-bond acceptors (Lipinski definition) is 4. The summed E-state index contributed by atoms with van der Waals surface area (Å²) in [5.74, 6) is -0.622. The minimum Gasteiger partial charge on any atom is -0.482 e. The van der Waals surface area contributed by atoms with Crippen LogP contribution in [-0.4, -0.2) is 35.8 Å². The average molecular weight is 305 g/mol. The number of rotatable bonds is 5. The summed E-state index contributed by atoms with van der Waals surface area (Å²) in [7, 11) is 0. The van der Waals surface area contributed by atoms with Gasteiger partial charge in [0.2, 0.25) is 5.91 Å². The molecule has 2 saturated heterocycles. The van der Waals surface area contributed by atoms with Crippen LogP contribution in [0.2, 0.25) is 0 Å². The van der Waals surface area contributed by atoms with Crippen molar-refractivity contribution in [2.45, 2.75) is 38.4 Å². The van der Waals surface area contributed by atoms with Gasteiger partial charge in [0.25, 0.3) is 0 Å². The summed E-state index contributed by atoms with van der Waals surface area (Å²) in [6.45, 7) is 1.47. The van der Waals surface area contributed by atoms with E-state index in [1.807, 2.05) is 6.92 Å². The number of carbonyl (C=O) groups excluding carboxylic acids is 1. The van der Waals surface area contributed by atoms with E-state index in [9.17, 15) is 9.59 Å². The second kappa shape index (κ2) is 5.96. The molecule has 3 atom stereocenters. The topological polar surface area (TPSA) is 84.9 Å². The zero-order valence-corrected chi connectivity index (χ0v) is 12.4. The lowest BCUT2D eigenvalue weighted by molar-refractivity contribution is -0.139. The Morgan fingerprint density at radius 2 is 2.23 bits per heavy atom. The highest BCUT2D eigenvalue weighted by molar-refractivity contribution is 5.94. The van der Waals surface area contributed by atoms with Gasteiger partial charge in [-0.2, -0.15) is 0 Å². The normalized spacial score (nSPS) is 26.0. The Labute approximate surface area is 128 Å². The van der Waals surface area contributed by atoms with Gasteiger partial charge in [-0.25, -0.2) is 4.79 Å². The number of carboxylic acids is 1. The van der Waals surface area contributed by atoms with Crippen molar-refractivity contribution in [1.82, 2.24) is 0 Å². The molecular formula is C16H19NO5. The number of carbonyl (C=O) groups is 2. The highest BCUT2D eigenvalue weighted by atomic mass is 16.5. The molecule has 1 aromatic carbocycles. The van der Waals surface area contributed by atoms with Crippen LogP contribution in [0.3, 0.4) is 0 Å². The zero-order chi connectivity index (χ0) is 15.7. The largest absolute Gasteiger partial charge is 0.482 e. The molecule has 2 aliphatic rings. The number of benzene rings is 1. The molecule has 22 heavy (non-hydrogen) atoms. The van der Waals surface area contributed by atoms with E-state index in [0.717, 1.165) is 30.5 Å². The lowest BCUT2D eigenvalue weighted by Gasteiger charge is -2.19. The molecule has 6 heteroatoms. The van der Waals surface area contributed by atoms with E-state index in [1.165, 1.54) is 0 Å². The predicted octanol–water partition coefficient (Wildman–Crippen LogP) is 1.96. The predicted molar refractivity (Wildman–Crippen MR) is 78.9 cm³/mol. The molecule has 2 aliphatic heterocycles. The number of nitrogens with one attached hydrogen (secondary N) is 1. The van der Waals surface area contributed by atoms with E-state index in [4.69, 9.17) is 14.6 Å². The fraction of sp³-hybridized carbons (Fsp3) is 0.500. The van der Waals surface area contributed by atoms with Gasteiger partial charge in [-0.15, -0.1) is 0 Å². The third-order valence-corrected chi connectivity index (χ3v) is 4.26. The number of anilines is 1. The lowest BCUT2D eigenvalue weighted by atomic mass is 9.88. The van der Waals surface area contributed by atoms with Gasteiger partial charge in [-0.1, -0.05) is 0 Å². The quantitative estimate of drug-likeness (QED) is 0.868. The van der Waals surface area contributed by atoms with Crippen molar-refractivity contribution < 1.29 is 24.2 Å². The van der Waals surface area contributed by atoms with E-state index < -0.39 is 5.97 Å². The summed E-state index contributed by atoms with van der Waals surface area (Å²) in [6, 6.07) is 5.11. The monoisotopic (exact) mass is 305 g/mol. The van der Waals surface area contributed by atoms with Crippen LogP contribution >= 0.6 is 0 Å². The Kier molecular flexibility index (Phi) is 4.02. The second-order valence-corrected chi connectivity index (χ2v) is 5.86. The molecule has 2 heterocycles. The Morgan fingerprint density at radius 1 is 1.41 bits per heavy atom. The van der Waals surface area contributed by atoms with E-state index >= 15 is 0 Å². The molecule has 0 radical (unpaired) electrons. The van der Waals surface area contributed by atoms with Crippen molar-refractivity contribution in [1.29, 1.82) is 0 Å². The molecule has 0 saturated carbocycles. The highest BCUT2D eigenvalue weighted by Crippen LogP contribution is 2.39. The first-order chi connectivity index (χ1) is 10.5. The number of hydrogen-bond donors (Lipinski definition) is 2. The van der Waals surface area contributed by atoms with Crippen LogP contribution in [0.25, 0.3) is 0 Å². The van der Waals surface area contributed by atoms with Gasteiger partial charge >= 0.3 is 5.97 Å². The van der Waals surface area contributed by atoms with Crippen molar-refractivity contribution in [2.75, 3.05) is 11.9 Å². The summed E-state index contributed by atoms with van der Waals surface area (Å²) in [4.78, 5) is 22.8. The van der Waals surface area contributed by atoms with Crippen molar-refractivity contribution in [2.24, 2.45) is 5.92 Å². The van der Waals surface area contributed by atoms with Gasteiger partial charge in [0.1, 0.15) is 5.75 Å². The third kappa shape index (κ3) is 3.06. The molecule has 0 aliphatic carbocycles. The maximum absolute atomic E-state index is 12.4. The van der Waals surface area contributed by atoms with Crippen LogP contribution in [0.5, 0.6) is 5.75 Å². The zero-order valence-electron chi connectivity index (χ0n) is 12.4. The van der Waals surface area contributed by atoms with Crippen LogP contribution < -0.4 is 10.1 Å². The van der Waals surface area contributed by atoms with Gasteiger partial charge in [0, 0.05) is 5.69 Å². The van der Waals surface area contributed by atoms with E-state index in [-0.39, 0.29) is 30.6 Å². The summed E-state index contributed by atoms with van der Waals surface area (Å²) in [5, 5.41) is 11.5. The van der Waals surface area contributed by atoms with E-state index in [1.54, 1.807) is 18.2 Å². The molecule has 118 valence electrons. The number of aryl methyl sites for hydroxylation is 1. The smallest absolute Gasteiger partial charge is 0.341 e. The van der Waals surface area contributed by atoms with Gasteiger partial charge in [0.15, 0.2) is 6.61 Å². The van der Waals surface area contributed by atoms with Crippen LogP contribution in [-0.2, 0) is 14.3 Å². The number of aliphatic carboxylic acids is 1. The Hall–Kier alpha value is -2.08. The van der Waals surface area contributed by atoms with Crippen LogP contribution in [0, 0.1) is 12.8 Å². The van der Waals surface area contributed by atoms with Gasteiger partial charge in [-0.05, 0) is 49.9 Å². The summed E-state index contributed by atoms with van der Waals surface area (Å²) in [6.07, 6.45) is 3.12. The number of ether oxygens (including phenoxy) is 2. The molecule has 1 aromatic rings. The second-order valence-electron chi connectivity index (χ2n) is 5.86. The SMILES string of the molecule is Cc1cc(OCC(=O)O)ccc1NC(=O)[C@H]1C[C@H]2CC[C@H]1O2. The van der Waals surface area contributed by atoms with E-state index in [2.05, 4.69) is 5.32 Å². The summed E-state index contributed by atoms with van der Waals surface area (Å²) < 4.78 is 10.8. The van der Waals surface area contributed by atoms with Gasteiger partial charge in [-0.3, -0.25) is 4.79 Å². The summed E-state index contributed by atoms with van der Waals surface area (Å²) in [5.41, 5.74) is 1.55. The fourth-order valence-corrected chi connectivity index (χ4v) is 3.15. The van der Waals surface area contributed by atoms with Crippen molar-refractivity contribution in [3.63, 3.8) is 0 Å². The van der Waals surface area contributed by atoms with Crippen molar-refractivity contribution >= 4 is 17.6 Å². The molecule has 2 bridgehead atoms. The first-order valence-electron chi connectivity index (χ1n) is 7.44. The van der Waals surface area contributed by atoms with Gasteiger partial charge in [0.05, 0.1) is 18.1 Å². The Balaban J connectivity index is 1.62. The molecule has 0 aromatic heterocycles. The first kappa shape index (κ1) is 14.8. The molecule has 2 fully saturated rings. The molecule has 2 N–H and O–H groups in total. The molecule has 0 unspecified atom stereocenters.